The minimum Gasteiger partial charge on any atom is -0.314 e. The molecule has 0 aromatic rings. The van der Waals surface area contributed by atoms with Crippen LogP contribution >= 0.6 is 0 Å². The van der Waals surface area contributed by atoms with Crippen LogP contribution in [0, 0.1) is 0 Å². The normalized spacial score (nSPS) is 25.2. The highest BCUT2D eigenvalue weighted by Crippen LogP contribution is 2.10. The maximum atomic E-state index is 3.73. The molecule has 2 aliphatic heterocycles. The van der Waals surface area contributed by atoms with Crippen LogP contribution in [-0.2, 0) is 0 Å². The second-order valence-electron chi connectivity index (χ2n) is 5.79. The van der Waals surface area contributed by atoms with Crippen molar-refractivity contribution in [2.45, 2.75) is 44.6 Å². The Morgan fingerprint density at radius 2 is 1.71 bits per heavy atom. The van der Waals surface area contributed by atoms with E-state index in [4.69, 9.17) is 0 Å². The van der Waals surface area contributed by atoms with E-state index in [2.05, 4.69) is 22.2 Å². The van der Waals surface area contributed by atoms with E-state index in [1.54, 1.807) is 0 Å². The zero-order valence-corrected chi connectivity index (χ0v) is 11.5. The molecule has 2 saturated heterocycles. The van der Waals surface area contributed by atoms with E-state index in [1.807, 2.05) is 0 Å². The van der Waals surface area contributed by atoms with Gasteiger partial charge in [0.25, 0.3) is 0 Å². The molecule has 17 heavy (non-hydrogen) atoms. The molecule has 0 aromatic carbocycles. The van der Waals surface area contributed by atoms with Crippen molar-refractivity contribution in [3.63, 3.8) is 0 Å². The molecular weight excluding hydrogens is 210 g/mol. The van der Waals surface area contributed by atoms with Crippen LogP contribution in [0.5, 0.6) is 0 Å². The third-order valence-corrected chi connectivity index (χ3v) is 4.25. The zero-order valence-electron chi connectivity index (χ0n) is 11.5. The SMILES string of the molecule is CN1CCC(NCCCN2CCCCC2)CC1. The molecule has 0 spiro atoms. The summed E-state index contributed by atoms with van der Waals surface area (Å²) >= 11 is 0. The highest BCUT2D eigenvalue weighted by atomic mass is 15.1. The highest BCUT2D eigenvalue weighted by molar-refractivity contribution is 4.75. The van der Waals surface area contributed by atoms with Crippen LogP contribution in [0.15, 0.2) is 0 Å². The summed E-state index contributed by atoms with van der Waals surface area (Å²) in [6.45, 7) is 7.74. The Labute approximate surface area is 107 Å². The molecule has 0 unspecified atom stereocenters. The van der Waals surface area contributed by atoms with Gasteiger partial charge in [-0.3, -0.25) is 0 Å². The molecule has 3 heteroatoms. The molecule has 0 saturated carbocycles. The van der Waals surface area contributed by atoms with Crippen LogP contribution in [0.25, 0.3) is 0 Å². The Bertz CT molecular complexity index is 194. The van der Waals surface area contributed by atoms with Gasteiger partial charge in [0, 0.05) is 6.04 Å². The van der Waals surface area contributed by atoms with Gasteiger partial charge >= 0.3 is 0 Å². The summed E-state index contributed by atoms with van der Waals surface area (Å²) in [6.07, 6.45) is 8.28. The molecule has 2 rings (SSSR count). The van der Waals surface area contributed by atoms with Gasteiger partial charge in [0.1, 0.15) is 0 Å². The van der Waals surface area contributed by atoms with Crippen LogP contribution in [0.2, 0.25) is 0 Å². The third-order valence-electron chi connectivity index (χ3n) is 4.25. The Hall–Kier alpha value is -0.120. The van der Waals surface area contributed by atoms with Crippen molar-refractivity contribution < 1.29 is 0 Å². The Balaban J connectivity index is 1.48. The molecule has 0 bridgehead atoms. The molecule has 0 radical (unpaired) electrons. The summed E-state index contributed by atoms with van der Waals surface area (Å²) in [5, 5.41) is 3.73. The second kappa shape index (κ2) is 7.34. The van der Waals surface area contributed by atoms with Gasteiger partial charge in [-0.05, 0) is 78.4 Å². The van der Waals surface area contributed by atoms with Gasteiger partial charge in [0.15, 0.2) is 0 Å². The lowest BCUT2D eigenvalue weighted by atomic mass is 10.1. The van der Waals surface area contributed by atoms with E-state index in [0.29, 0.717) is 0 Å². The second-order valence-corrected chi connectivity index (χ2v) is 5.79. The van der Waals surface area contributed by atoms with Crippen LogP contribution in [-0.4, -0.2) is 62.2 Å². The average molecular weight is 239 g/mol. The number of rotatable bonds is 5. The van der Waals surface area contributed by atoms with Crippen LogP contribution < -0.4 is 5.32 Å². The van der Waals surface area contributed by atoms with Gasteiger partial charge < -0.3 is 15.1 Å². The van der Waals surface area contributed by atoms with Crippen molar-refractivity contribution in [3.8, 4) is 0 Å². The monoisotopic (exact) mass is 239 g/mol. The van der Waals surface area contributed by atoms with Crippen LogP contribution in [0.1, 0.15) is 38.5 Å². The van der Waals surface area contributed by atoms with Crippen molar-refractivity contribution in [1.82, 2.24) is 15.1 Å². The van der Waals surface area contributed by atoms with Crippen molar-refractivity contribution in [2.24, 2.45) is 0 Å². The summed E-state index contributed by atoms with van der Waals surface area (Å²) in [4.78, 5) is 5.08. The first kappa shape index (κ1) is 13.3. The zero-order chi connectivity index (χ0) is 11.9. The molecule has 1 N–H and O–H groups in total. The molecule has 2 fully saturated rings. The predicted octanol–water partition coefficient (Wildman–Crippen LogP) is 1.55. The van der Waals surface area contributed by atoms with Crippen molar-refractivity contribution in [2.75, 3.05) is 46.3 Å². The van der Waals surface area contributed by atoms with E-state index in [1.165, 1.54) is 77.8 Å². The fourth-order valence-electron chi connectivity index (χ4n) is 3.00. The maximum Gasteiger partial charge on any atom is 0.00914 e. The first-order valence-corrected chi connectivity index (χ1v) is 7.49. The van der Waals surface area contributed by atoms with Crippen molar-refractivity contribution >= 4 is 0 Å². The number of piperidine rings is 2. The van der Waals surface area contributed by atoms with Crippen LogP contribution in [0.4, 0.5) is 0 Å². The number of nitrogens with one attached hydrogen (secondary N) is 1. The molecular formula is C14H29N3. The van der Waals surface area contributed by atoms with Gasteiger partial charge in [-0.25, -0.2) is 0 Å². The molecule has 2 heterocycles. The molecule has 3 nitrogen and oxygen atoms in total. The first-order chi connectivity index (χ1) is 8.34. The lowest BCUT2D eigenvalue weighted by Crippen LogP contribution is -2.41. The Morgan fingerprint density at radius 3 is 2.41 bits per heavy atom. The number of nitrogens with zero attached hydrogens (tertiary/aromatic N) is 2. The van der Waals surface area contributed by atoms with Gasteiger partial charge in [-0.1, -0.05) is 6.42 Å². The molecule has 2 aliphatic rings. The summed E-state index contributed by atoms with van der Waals surface area (Å²) in [5.74, 6) is 0. The van der Waals surface area contributed by atoms with E-state index < -0.39 is 0 Å². The highest BCUT2D eigenvalue weighted by Gasteiger charge is 2.15. The standard InChI is InChI=1S/C14H29N3/c1-16-12-6-14(7-13-16)15-8-5-11-17-9-3-2-4-10-17/h14-15H,2-13H2,1H3. The van der Waals surface area contributed by atoms with Gasteiger partial charge in [-0.15, -0.1) is 0 Å². The summed E-state index contributed by atoms with van der Waals surface area (Å²) in [5.41, 5.74) is 0. The van der Waals surface area contributed by atoms with Crippen LogP contribution in [0.3, 0.4) is 0 Å². The minimum atomic E-state index is 0.785. The quantitative estimate of drug-likeness (QED) is 0.734. The van der Waals surface area contributed by atoms with E-state index in [0.717, 1.165) is 6.04 Å². The Kier molecular flexibility index (Phi) is 5.75. The minimum absolute atomic E-state index is 0.785. The summed E-state index contributed by atoms with van der Waals surface area (Å²) in [6, 6.07) is 0.785. The topological polar surface area (TPSA) is 18.5 Å². The Morgan fingerprint density at radius 1 is 1.00 bits per heavy atom. The smallest absolute Gasteiger partial charge is 0.00914 e. The fraction of sp³-hybridized carbons (Fsp3) is 1.00. The number of likely N-dealkylation sites (tertiary alicyclic amines) is 2. The fourth-order valence-corrected chi connectivity index (χ4v) is 3.00. The number of hydrogen-bond acceptors (Lipinski definition) is 3. The van der Waals surface area contributed by atoms with E-state index in [9.17, 15) is 0 Å². The van der Waals surface area contributed by atoms with E-state index >= 15 is 0 Å². The van der Waals surface area contributed by atoms with Gasteiger partial charge in [0.05, 0.1) is 0 Å². The number of hydrogen-bond donors (Lipinski definition) is 1. The first-order valence-electron chi connectivity index (χ1n) is 7.49. The predicted molar refractivity (Wildman–Crippen MR) is 73.4 cm³/mol. The van der Waals surface area contributed by atoms with Crippen molar-refractivity contribution in [3.05, 3.63) is 0 Å². The summed E-state index contributed by atoms with van der Waals surface area (Å²) < 4.78 is 0. The molecule has 0 aromatic heterocycles. The average Bonchev–Trinajstić information content (AvgIpc) is 2.38. The maximum absolute atomic E-state index is 3.73. The van der Waals surface area contributed by atoms with Gasteiger partial charge in [0.2, 0.25) is 0 Å². The third kappa shape index (κ3) is 4.94. The molecule has 0 amide bonds. The van der Waals surface area contributed by atoms with Crippen molar-refractivity contribution in [1.29, 1.82) is 0 Å². The molecule has 0 atom stereocenters. The van der Waals surface area contributed by atoms with E-state index in [-0.39, 0.29) is 0 Å². The molecule has 0 aliphatic carbocycles. The van der Waals surface area contributed by atoms with Gasteiger partial charge in [-0.2, -0.15) is 0 Å². The lowest BCUT2D eigenvalue weighted by molar-refractivity contribution is 0.215. The summed E-state index contributed by atoms with van der Waals surface area (Å²) in [7, 11) is 2.23. The largest absolute Gasteiger partial charge is 0.314 e. The molecule has 100 valence electrons. The lowest BCUT2D eigenvalue weighted by Gasteiger charge is -2.30.